The summed E-state index contributed by atoms with van der Waals surface area (Å²) >= 11 is 0. The molecule has 5 nitrogen and oxygen atoms in total. The van der Waals surface area contributed by atoms with Crippen LogP contribution >= 0.6 is 0 Å². The number of carbonyl (C=O) groups excluding carboxylic acids is 1. The van der Waals surface area contributed by atoms with Crippen LogP contribution < -0.4 is 5.11 Å². The maximum atomic E-state index is 11.7. The van der Waals surface area contributed by atoms with E-state index in [1.165, 1.54) is 12.1 Å². The van der Waals surface area contributed by atoms with Crippen molar-refractivity contribution in [2.45, 2.75) is 17.4 Å². The van der Waals surface area contributed by atoms with E-state index in [4.69, 9.17) is 0 Å². The second-order valence-corrected chi connectivity index (χ2v) is 5.36. The predicted molar refractivity (Wildman–Crippen MR) is 54.1 cm³/mol. The van der Waals surface area contributed by atoms with Crippen LogP contribution in [0.2, 0.25) is 0 Å². The van der Waals surface area contributed by atoms with Gasteiger partial charge in [-0.05, 0) is 12.1 Å². The highest BCUT2D eigenvalue weighted by molar-refractivity contribution is 7.91. The topological polar surface area (TPSA) is 94.5 Å². The number of aliphatic hydroxyl groups excluding tert-OH is 1. The fourth-order valence-electron chi connectivity index (χ4n) is 1.23. The van der Waals surface area contributed by atoms with Crippen LogP contribution in [0.25, 0.3) is 0 Å². The lowest BCUT2D eigenvalue weighted by Crippen LogP contribution is -2.31. The van der Waals surface area contributed by atoms with Gasteiger partial charge in [-0.25, -0.2) is 8.42 Å². The van der Waals surface area contributed by atoms with Gasteiger partial charge in [-0.3, -0.25) is 0 Å². The number of sulfone groups is 1. The summed E-state index contributed by atoms with van der Waals surface area (Å²) in [7, 11) is -3.65. The molecule has 1 N–H and O–H groups in total. The van der Waals surface area contributed by atoms with Gasteiger partial charge >= 0.3 is 0 Å². The maximum Gasteiger partial charge on any atom is 0.180 e. The normalized spacial score (nSPS) is 13.3. The number of carboxylic acid groups (broad SMARTS) is 1. The molecule has 0 aromatic heterocycles. The van der Waals surface area contributed by atoms with E-state index < -0.39 is 34.1 Å². The number of rotatable bonds is 5. The van der Waals surface area contributed by atoms with Crippen LogP contribution in [-0.4, -0.2) is 31.4 Å². The van der Waals surface area contributed by atoms with E-state index in [0.29, 0.717) is 0 Å². The summed E-state index contributed by atoms with van der Waals surface area (Å²) in [5.41, 5.74) is 0. The minimum atomic E-state index is -3.65. The van der Waals surface area contributed by atoms with Crippen molar-refractivity contribution < 1.29 is 23.4 Å². The van der Waals surface area contributed by atoms with Crippen LogP contribution in [0.1, 0.15) is 6.42 Å². The van der Waals surface area contributed by atoms with Crippen molar-refractivity contribution in [2.24, 2.45) is 0 Å². The molecule has 1 aromatic carbocycles. The third-order valence-electron chi connectivity index (χ3n) is 1.92. The van der Waals surface area contributed by atoms with E-state index in [0.717, 1.165) is 0 Å². The number of carboxylic acids is 1. The SMILES string of the molecule is O=C([O-])CC(O)CS(=O)(=O)c1ccccc1. The van der Waals surface area contributed by atoms with E-state index in [1.807, 2.05) is 0 Å². The van der Waals surface area contributed by atoms with Crippen LogP contribution in [0.15, 0.2) is 35.2 Å². The Labute approximate surface area is 93.3 Å². The summed E-state index contributed by atoms with van der Waals surface area (Å²) in [6, 6.07) is 7.55. The smallest absolute Gasteiger partial charge is 0.180 e. The lowest BCUT2D eigenvalue weighted by Gasteiger charge is -2.11. The number of hydrogen-bond acceptors (Lipinski definition) is 5. The highest BCUT2D eigenvalue weighted by Gasteiger charge is 2.19. The van der Waals surface area contributed by atoms with Gasteiger partial charge in [0.05, 0.1) is 16.8 Å². The second kappa shape index (κ2) is 5.09. The minimum Gasteiger partial charge on any atom is -0.550 e. The van der Waals surface area contributed by atoms with Crippen LogP contribution in [0, 0.1) is 0 Å². The molecule has 0 spiro atoms. The number of carbonyl (C=O) groups is 1. The monoisotopic (exact) mass is 243 g/mol. The number of benzene rings is 1. The number of hydrogen-bond donors (Lipinski definition) is 1. The average molecular weight is 243 g/mol. The van der Waals surface area contributed by atoms with Crippen LogP contribution in [-0.2, 0) is 14.6 Å². The molecule has 0 fully saturated rings. The third kappa shape index (κ3) is 3.63. The summed E-state index contributed by atoms with van der Waals surface area (Å²) in [4.78, 5) is 10.2. The van der Waals surface area contributed by atoms with E-state index in [-0.39, 0.29) is 4.90 Å². The van der Waals surface area contributed by atoms with Gasteiger partial charge in [-0.2, -0.15) is 0 Å². The molecular weight excluding hydrogens is 232 g/mol. The molecule has 0 aliphatic rings. The third-order valence-corrected chi connectivity index (χ3v) is 3.73. The molecule has 1 aromatic rings. The molecule has 0 saturated heterocycles. The van der Waals surface area contributed by atoms with Crippen LogP contribution in [0.5, 0.6) is 0 Å². The van der Waals surface area contributed by atoms with Gasteiger partial charge in [-0.1, -0.05) is 18.2 Å². The Morgan fingerprint density at radius 3 is 2.38 bits per heavy atom. The Balaban J connectivity index is 2.77. The summed E-state index contributed by atoms with van der Waals surface area (Å²) in [5.74, 6) is -2.10. The van der Waals surface area contributed by atoms with Crippen molar-refractivity contribution in [2.75, 3.05) is 5.75 Å². The van der Waals surface area contributed by atoms with E-state index in [9.17, 15) is 23.4 Å². The van der Waals surface area contributed by atoms with Gasteiger partial charge in [-0.15, -0.1) is 0 Å². The molecule has 1 rings (SSSR count). The molecule has 0 radical (unpaired) electrons. The summed E-state index contributed by atoms with van der Waals surface area (Å²) in [6.45, 7) is 0. The Morgan fingerprint density at radius 2 is 1.88 bits per heavy atom. The van der Waals surface area contributed by atoms with Crippen molar-refractivity contribution in [1.29, 1.82) is 0 Å². The predicted octanol–water partition coefficient (Wildman–Crippen LogP) is -1.04. The molecule has 88 valence electrons. The molecular formula is C10H11O5S-. The zero-order valence-electron chi connectivity index (χ0n) is 8.37. The van der Waals surface area contributed by atoms with Gasteiger partial charge in [0.25, 0.3) is 0 Å². The largest absolute Gasteiger partial charge is 0.550 e. The van der Waals surface area contributed by atoms with E-state index in [1.54, 1.807) is 18.2 Å². The number of aliphatic hydroxyl groups is 1. The van der Waals surface area contributed by atoms with Crippen LogP contribution in [0.4, 0.5) is 0 Å². The van der Waals surface area contributed by atoms with Gasteiger partial charge in [0.1, 0.15) is 0 Å². The Hall–Kier alpha value is -1.40. The minimum absolute atomic E-state index is 0.0624. The molecule has 0 heterocycles. The Bertz CT molecular complexity index is 451. The Kier molecular flexibility index (Phi) is 4.03. The summed E-state index contributed by atoms with van der Waals surface area (Å²) < 4.78 is 23.3. The van der Waals surface area contributed by atoms with Crippen molar-refractivity contribution in [1.82, 2.24) is 0 Å². The fraction of sp³-hybridized carbons (Fsp3) is 0.300. The molecule has 1 unspecified atom stereocenters. The first-order valence-corrected chi connectivity index (χ1v) is 6.23. The maximum absolute atomic E-state index is 11.7. The first-order valence-electron chi connectivity index (χ1n) is 4.57. The lowest BCUT2D eigenvalue weighted by atomic mass is 10.3. The van der Waals surface area contributed by atoms with Crippen molar-refractivity contribution in [3.8, 4) is 0 Å². The zero-order chi connectivity index (χ0) is 12.2. The van der Waals surface area contributed by atoms with Gasteiger partial charge in [0.15, 0.2) is 9.84 Å². The first kappa shape index (κ1) is 12.7. The van der Waals surface area contributed by atoms with Gasteiger partial charge in [0.2, 0.25) is 0 Å². The average Bonchev–Trinajstić information content (AvgIpc) is 2.16. The summed E-state index contributed by atoms with van der Waals surface area (Å²) in [6.07, 6.45) is -2.14. The highest BCUT2D eigenvalue weighted by atomic mass is 32.2. The van der Waals surface area contributed by atoms with Crippen molar-refractivity contribution in [3.63, 3.8) is 0 Å². The zero-order valence-corrected chi connectivity index (χ0v) is 9.18. The van der Waals surface area contributed by atoms with Crippen molar-refractivity contribution in [3.05, 3.63) is 30.3 Å². The molecule has 16 heavy (non-hydrogen) atoms. The molecule has 6 heteroatoms. The highest BCUT2D eigenvalue weighted by Crippen LogP contribution is 2.12. The second-order valence-electron chi connectivity index (χ2n) is 3.32. The molecule has 0 aliphatic carbocycles. The fourth-order valence-corrected chi connectivity index (χ4v) is 2.62. The van der Waals surface area contributed by atoms with E-state index >= 15 is 0 Å². The van der Waals surface area contributed by atoms with E-state index in [2.05, 4.69) is 0 Å². The number of aliphatic carboxylic acids is 1. The standard InChI is InChI=1S/C10H12O5S/c11-8(6-10(12)13)7-16(14,15)9-4-2-1-3-5-9/h1-5,8,11H,6-7H2,(H,12,13)/p-1. The molecule has 0 bridgehead atoms. The molecule has 0 amide bonds. The first-order chi connectivity index (χ1) is 7.42. The Morgan fingerprint density at radius 1 is 1.31 bits per heavy atom. The molecule has 0 aliphatic heterocycles. The van der Waals surface area contributed by atoms with Gasteiger partial charge in [0, 0.05) is 12.4 Å². The molecule has 0 saturated carbocycles. The quantitative estimate of drug-likeness (QED) is 0.713. The van der Waals surface area contributed by atoms with Crippen molar-refractivity contribution >= 4 is 15.8 Å². The summed E-state index contributed by atoms with van der Waals surface area (Å²) in [5, 5.41) is 19.4. The molecule has 1 atom stereocenters. The van der Waals surface area contributed by atoms with Crippen LogP contribution in [0.3, 0.4) is 0 Å². The lowest BCUT2D eigenvalue weighted by molar-refractivity contribution is -0.307. The van der Waals surface area contributed by atoms with Gasteiger partial charge < -0.3 is 15.0 Å².